The fourth-order valence-corrected chi connectivity index (χ4v) is 3.24. The summed E-state index contributed by atoms with van der Waals surface area (Å²) in [4.78, 5) is 2.51. The first kappa shape index (κ1) is 18.4. The molecule has 0 aromatic heterocycles. The SMILES string of the molecule is CS(=O)(=O)OCCOCCC1CCN(Cc2ccccc2)CC1. The van der Waals surface area contributed by atoms with E-state index in [4.69, 9.17) is 4.74 Å². The van der Waals surface area contributed by atoms with E-state index in [2.05, 4.69) is 39.4 Å². The van der Waals surface area contributed by atoms with Gasteiger partial charge in [-0.05, 0) is 43.8 Å². The molecule has 0 atom stereocenters. The van der Waals surface area contributed by atoms with Crippen molar-refractivity contribution in [2.75, 3.05) is 39.2 Å². The first-order valence-corrected chi connectivity index (χ1v) is 10.0. The molecule has 1 heterocycles. The van der Waals surface area contributed by atoms with Crippen LogP contribution in [0.4, 0.5) is 0 Å². The van der Waals surface area contributed by atoms with Gasteiger partial charge in [0.2, 0.25) is 0 Å². The van der Waals surface area contributed by atoms with Crippen molar-refractivity contribution in [2.45, 2.75) is 25.8 Å². The maximum Gasteiger partial charge on any atom is 0.264 e. The summed E-state index contributed by atoms with van der Waals surface area (Å²) in [6, 6.07) is 10.6. The van der Waals surface area contributed by atoms with Crippen molar-refractivity contribution in [3.05, 3.63) is 35.9 Å². The number of likely N-dealkylation sites (tertiary alicyclic amines) is 1. The van der Waals surface area contributed by atoms with Crippen LogP contribution in [-0.4, -0.2) is 52.5 Å². The third-order valence-electron chi connectivity index (χ3n) is 4.15. The highest BCUT2D eigenvalue weighted by atomic mass is 32.2. The maximum atomic E-state index is 10.8. The Labute approximate surface area is 139 Å². The van der Waals surface area contributed by atoms with Crippen LogP contribution < -0.4 is 0 Å². The van der Waals surface area contributed by atoms with E-state index in [0.29, 0.717) is 19.1 Å². The molecule has 1 aliphatic rings. The van der Waals surface area contributed by atoms with Gasteiger partial charge in [0.25, 0.3) is 10.1 Å². The lowest BCUT2D eigenvalue weighted by molar-refractivity contribution is 0.0801. The molecule has 0 radical (unpaired) electrons. The molecule has 0 amide bonds. The van der Waals surface area contributed by atoms with Crippen molar-refractivity contribution < 1.29 is 17.3 Å². The van der Waals surface area contributed by atoms with Crippen molar-refractivity contribution >= 4 is 10.1 Å². The number of nitrogens with zero attached hydrogens (tertiary/aromatic N) is 1. The zero-order valence-electron chi connectivity index (χ0n) is 13.8. The molecule has 5 nitrogen and oxygen atoms in total. The summed E-state index contributed by atoms with van der Waals surface area (Å²) in [5, 5.41) is 0. The topological polar surface area (TPSA) is 55.8 Å². The molecule has 0 saturated carbocycles. The van der Waals surface area contributed by atoms with Crippen LogP contribution in [0.15, 0.2) is 30.3 Å². The zero-order valence-corrected chi connectivity index (χ0v) is 14.6. The number of piperidine rings is 1. The van der Waals surface area contributed by atoms with Gasteiger partial charge in [0.1, 0.15) is 0 Å². The minimum Gasteiger partial charge on any atom is -0.379 e. The Morgan fingerprint density at radius 1 is 1.09 bits per heavy atom. The molecule has 0 aliphatic carbocycles. The lowest BCUT2D eigenvalue weighted by Gasteiger charge is -2.32. The molecular weight excluding hydrogens is 314 g/mol. The zero-order chi connectivity index (χ0) is 16.5. The van der Waals surface area contributed by atoms with Crippen LogP contribution in [0.3, 0.4) is 0 Å². The van der Waals surface area contributed by atoms with Crippen LogP contribution in [0.1, 0.15) is 24.8 Å². The van der Waals surface area contributed by atoms with Gasteiger partial charge < -0.3 is 4.74 Å². The van der Waals surface area contributed by atoms with Gasteiger partial charge in [-0.15, -0.1) is 0 Å². The molecule has 0 spiro atoms. The van der Waals surface area contributed by atoms with E-state index in [1.165, 1.54) is 18.4 Å². The summed E-state index contributed by atoms with van der Waals surface area (Å²) in [6.07, 6.45) is 4.50. The van der Waals surface area contributed by atoms with Crippen LogP contribution in [0.5, 0.6) is 0 Å². The predicted octanol–water partition coefficient (Wildman–Crippen LogP) is 2.28. The average Bonchev–Trinajstić information content (AvgIpc) is 2.52. The summed E-state index contributed by atoms with van der Waals surface area (Å²) in [6.45, 7) is 4.42. The average molecular weight is 341 g/mol. The van der Waals surface area contributed by atoms with Crippen molar-refractivity contribution in [1.82, 2.24) is 4.90 Å². The van der Waals surface area contributed by atoms with Crippen molar-refractivity contribution in [1.29, 1.82) is 0 Å². The van der Waals surface area contributed by atoms with Crippen molar-refractivity contribution in [3.63, 3.8) is 0 Å². The van der Waals surface area contributed by atoms with Crippen LogP contribution >= 0.6 is 0 Å². The molecular formula is C17H27NO4S. The van der Waals surface area contributed by atoms with E-state index in [-0.39, 0.29) is 6.61 Å². The Kier molecular flexibility index (Phi) is 7.49. The summed E-state index contributed by atoms with van der Waals surface area (Å²) >= 11 is 0. The van der Waals surface area contributed by atoms with Gasteiger partial charge in [-0.1, -0.05) is 30.3 Å². The minimum atomic E-state index is -3.35. The molecule has 1 aliphatic heterocycles. The van der Waals surface area contributed by atoms with Crippen LogP contribution in [-0.2, 0) is 25.6 Å². The van der Waals surface area contributed by atoms with Gasteiger partial charge >= 0.3 is 0 Å². The van der Waals surface area contributed by atoms with E-state index in [0.717, 1.165) is 32.3 Å². The summed E-state index contributed by atoms with van der Waals surface area (Å²) < 4.78 is 31.7. The number of hydrogen-bond acceptors (Lipinski definition) is 5. The van der Waals surface area contributed by atoms with Crippen molar-refractivity contribution in [2.24, 2.45) is 5.92 Å². The van der Waals surface area contributed by atoms with Gasteiger partial charge in [-0.25, -0.2) is 0 Å². The normalized spacial score (nSPS) is 17.4. The quantitative estimate of drug-likeness (QED) is 0.509. The van der Waals surface area contributed by atoms with E-state index < -0.39 is 10.1 Å². The molecule has 0 N–H and O–H groups in total. The molecule has 1 aromatic carbocycles. The van der Waals surface area contributed by atoms with E-state index in [9.17, 15) is 8.42 Å². The number of rotatable bonds is 9. The van der Waals surface area contributed by atoms with Crippen LogP contribution in [0.2, 0.25) is 0 Å². The highest BCUT2D eigenvalue weighted by Gasteiger charge is 2.18. The minimum absolute atomic E-state index is 0.106. The van der Waals surface area contributed by atoms with Crippen LogP contribution in [0, 0.1) is 5.92 Å². The fraction of sp³-hybridized carbons (Fsp3) is 0.647. The van der Waals surface area contributed by atoms with Gasteiger partial charge in [0.15, 0.2) is 0 Å². The fourth-order valence-electron chi connectivity index (χ4n) is 2.87. The van der Waals surface area contributed by atoms with E-state index in [1.807, 2.05) is 0 Å². The maximum absolute atomic E-state index is 10.8. The molecule has 6 heteroatoms. The van der Waals surface area contributed by atoms with Gasteiger partial charge in [-0.3, -0.25) is 9.08 Å². The van der Waals surface area contributed by atoms with Gasteiger partial charge in [0.05, 0.1) is 19.5 Å². The third kappa shape index (κ3) is 7.92. The third-order valence-corrected chi connectivity index (χ3v) is 4.75. The molecule has 1 fully saturated rings. The second-order valence-electron chi connectivity index (χ2n) is 6.13. The Bertz CT molecular complexity index is 539. The lowest BCUT2D eigenvalue weighted by Crippen LogP contribution is -2.33. The number of hydrogen-bond donors (Lipinski definition) is 0. The highest BCUT2D eigenvalue weighted by molar-refractivity contribution is 7.85. The Morgan fingerprint density at radius 3 is 2.43 bits per heavy atom. The Hall–Kier alpha value is -0.950. The first-order valence-electron chi connectivity index (χ1n) is 8.21. The van der Waals surface area contributed by atoms with Gasteiger partial charge in [0, 0.05) is 13.2 Å². The molecule has 23 heavy (non-hydrogen) atoms. The summed E-state index contributed by atoms with van der Waals surface area (Å²) in [7, 11) is -3.35. The highest BCUT2D eigenvalue weighted by Crippen LogP contribution is 2.21. The van der Waals surface area contributed by atoms with Gasteiger partial charge in [-0.2, -0.15) is 8.42 Å². The van der Waals surface area contributed by atoms with E-state index in [1.54, 1.807) is 0 Å². The first-order chi connectivity index (χ1) is 11.0. The number of ether oxygens (including phenoxy) is 1. The summed E-state index contributed by atoms with van der Waals surface area (Å²) in [5.74, 6) is 0.706. The number of benzene rings is 1. The predicted molar refractivity (Wildman–Crippen MR) is 90.7 cm³/mol. The molecule has 0 unspecified atom stereocenters. The second kappa shape index (κ2) is 9.37. The second-order valence-corrected chi connectivity index (χ2v) is 7.78. The molecule has 1 aromatic rings. The smallest absolute Gasteiger partial charge is 0.264 e. The van der Waals surface area contributed by atoms with Crippen molar-refractivity contribution in [3.8, 4) is 0 Å². The lowest BCUT2D eigenvalue weighted by atomic mass is 9.93. The Morgan fingerprint density at radius 2 is 1.78 bits per heavy atom. The molecule has 1 saturated heterocycles. The largest absolute Gasteiger partial charge is 0.379 e. The molecule has 2 rings (SSSR count). The summed E-state index contributed by atoms with van der Waals surface area (Å²) in [5.41, 5.74) is 1.38. The molecule has 0 bridgehead atoms. The standard InChI is InChI=1S/C17H27NO4S/c1-23(19,20)22-14-13-21-12-9-16-7-10-18(11-8-16)15-17-5-3-2-4-6-17/h2-6,16H,7-15H2,1H3. The van der Waals surface area contributed by atoms with Crippen LogP contribution in [0.25, 0.3) is 0 Å². The molecule has 130 valence electrons. The Balaban J connectivity index is 1.53. The van der Waals surface area contributed by atoms with E-state index >= 15 is 0 Å². The monoisotopic (exact) mass is 341 g/mol.